The predicted octanol–water partition coefficient (Wildman–Crippen LogP) is 3.55. The van der Waals surface area contributed by atoms with Crippen LogP contribution in [-0.4, -0.2) is 17.1 Å². The van der Waals surface area contributed by atoms with Crippen molar-refractivity contribution in [3.8, 4) is 17.4 Å². The molecule has 0 unspecified atom stereocenters. The first kappa shape index (κ1) is 12.6. The van der Waals surface area contributed by atoms with Gasteiger partial charge in [0.15, 0.2) is 11.5 Å². The number of rotatable bonds is 3. The van der Waals surface area contributed by atoms with Crippen LogP contribution in [0.4, 0.5) is 0 Å². The summed E-state index contributed by atoms with van der Waals surface area (Å²) in [6.07, 6.45) is 0. The van der Waals surface area contributed by atoms with Gasteiger partial charge in [0.2, 0.25) is 5.88 Å². The number of para-hydroxylation sites is 2. The molecular weight excluding hydrogens is 252 g/mol. The molecule has 0 fully saturated rings. The van der Waals surface area contributed by atoms with Gasteiger partial charge < -0.3 is 9.47 Å². The highest BCUT2D eigenvalue weighted by Crippen LogP contribution is 2.32. The third kappa shape index (κ3) is 2.54. The van der Waals surface area contributed by atoms with Crippen molar-refractivity contribution in [3.05, 3.63) is 40.8 Å². The van der Waals surface area contributed by atoms with Crippen LogP contribution < -0.4 is 9.47 Å². The maximum absolute atomic E-state index is 6.00. The Morgan fingerprint density at radius 2 is 1.72 bits per heavy atom. The Labute approximate surface area is 111 Å². The first-order valence-electron chi connectivity index (χ1n) is 5.43. The van der Waals surface area contributed by atoms with E-state index in [4.69, 9.17) is 21.1 Å². The molecule has 0 aliphatic heterocycles. The molecule has 18 heavy (non-hydrogen) atoms. The average Bonchev–Trinajstić information content (AvgIpc) is 2.36. The Kier molecular flexibility index (Phi) is 3.67. The summed E-state index contributed by atoms with van der Waals surface area (Å²) in [7, 11) is 1.59. The summed E-state index contributed by atoms with van der Waals surface area (Å²) in [5.74, 6) is 2.24. The van der Waals surface area contributed by atoms with Crippen LogP contribution in [0.5, 0.6) is 17.4 Å². The van der Waals surface area contributed by atoms with E-state index in [9.17, 15) is 0 Å². The van der Waals surface area contributed by atoms with Gasteiger partial charge >= 0.3 is 0 Å². The van der Waals surface area contributed by atoms with Gasteiger partial charge in [-0.25, -0.2) is 4.98 Å². The number of halogens is 1. The van der Waals surface area contributed by atoms with E-state index in [1.165, 1.54) is 0 Å². The molecule has 94 valence electrons. The Hall–Kier alpha value is -1.81. The lowest BCUT2D eigenvalue weighted by Gasteiger charge is -2.11. The van der Waals surface area contributed by atoms with Crippen molar-refractivity contribution >= 4 is 11.6 Å². The average molecular weight is 265 g/mol. The fourth-order valence-corrected chi connectivity index (χ4v) is 1.68. The highest BCUT2D eigenvalue weighted by atomic mass is 35.5. The first-order chi connectivity index (χ1) is 8.61. The largest absolute Gasteiger partial charge is 0.493 e. The summed E-state index contributed by atoms with van der Waals surface area (Å²) in [4.78, 5) is 8.29. The Morgan fingerprint density at radius 1 is 1.06 bits per heavy atom. The van der Waals surface area contributed by atoms with Crippen molar-refractivity contribution in [1.29, 1.82) is 0 Å². The number of hydrogen-bond donors (Lipinski definition) is 0. The molecule has 1 aromatic carbocycles. The third-order valence-electron chi connectivity index (χ3n) is 2.43. The lowest BCUT2D eigenvalue weighted by atomic mass is 10.3. The molecule has 0 saturated carbocycles. The maximum Gasteiger partial charge on any atom is 0.227 e. The smallest absolute Gasteiger partial charge is 0.227 e. The van der Waals surface area contributed by atoms with Crippen molar-refractivity contribution in [2.75, 3.05) is 7.11 Å². The topological polar surface area (TPSA) is 44.2 Å². The minimum Gasteiger partial charge on any atom is -0.493 e. The summed E-state index contributed by atoms with van der Waals surface area (Å²) >= 11 is 6.00. The van der Waals surface area contributed by atoms with Gasteiger partial charge in [-0.2, -0.15) is 4.98 Å². The van der Waals surface area contributed by atoms with E-state index >= 15 is 0 Å². The highest BCUT2D eigenvalue weighted by Gasteiger charge is 2.11. The normalized spacial score (nSPS) is 10.2. The zero-order valence-electron chi connectivity index (χ0n) is 10.4. The van der Waals surface area contributed by atoms with Crippen LogP contribution in [0, 0.1) is 13.8 Å². The van der Waals surface area contributed by atoms with Gasteiger partial charge in [-0.3, -0.25) is 0 Å². The molecule has 4 nitrogen and oxygen atoms in total. The van der Waals surface area contributed by atoms with Crippen molar-refractivity contribution in [2.45, 2.75) is 13.8 Å². The number of benzene rings is 1. The quantitative estimate of drug-likeness (QED) is 0.796. The summed E-state index contributed by atoms with van der Waals surface area (Å²) in [6.45, 7) is 3.58. The van der Waals surface area contributed by atoms with Crippen molar-refractivity contribution < 1.29 is 9.47 Å². The molecule has 0 radical (unpaired) electrons. The molecule has 0 bridgehead atoms. The van der Waals surface area contributed by atoms with Gasteiger partial charge in [0, 0.05) is 5.56 Å². The zero-order valence-corrected chi connectivity index (χ0v) is 11.2. The fraction of sp³-hybridized carbons (Fsp3) is 0.231. The molecule has 2 rings (SSSR count). The van der Waals surface area contributed by atoms with Crippen molar-refractivity contribution in [2.24, 2.45) is 0 Å². The van der Waals surface area contributed by atoms with Crippen molar-refractivity contribution in [3.63, 3.8) is 0 Å². The van der Waals surface area contributed by atoms with E-state index in [1.54, 1.807) is 14.0 Å². The lowest BCUT2D eigenvalue weighted by Crippen LogP contribution is -1.98. The van der Waals surface area contributed by atoms with Crippen LogP contribution in [-0.2, 0) is 0 Å². The van der Waals surface area contributed by atoms with Gasteiger partial charge in [-0.05, 0) is 26.0 Å². The molecule has 2 aromatic rings. The van der Waals surface area contributed by atoms with Crippen LogP contribution in [0.15, 0.2) is 24.3 Å². The van der Waals surface area contributed by atoms with E-state index < -0.39 is 0 Å². The van der Waals surface area contributed by atoms with Gasteiger partial charge in [-0.1, -0.05) is 23.7 Å². The van der Waals surface area contributed by atoms with E-state index in [2.05, 4.69) is 9.97 Å². The van der Waals surface area contributed by atoms with Crippen LogP contribution in [0.25, 0.3) is 0 Å². The number of nitrogens with zero attached hydrogens (tertiary/aromatic N) is 2. The summed E-state index contributed by atoms with van der Waals surface area (Å²) in [6, 6.07) is 7.36. The summed E-state index contributed by atoms with van der Waals surface area (Å²) in [5.41, 5.74) is 0.702. The Balaban J connectivity index is 2.40. The van der Waals surface area contributed by atoms with Gasteiger partial charge in [0.25, 0.3) is 0 Å². The second kappa shape index (κ2) is 5.23. The summed E-state index contributed by atoms with van der Waals surface area (Å²) < 4.78 is 10.9. The predicted molar refractivity (Wildman–Crippen MR) is 69.6 cm³/mol. The van der Waals surface area contributed by atoms with Gasteiger partial charge in [0.05, 0.1) is 7.11 Å². The minimum atomic E-state index is 0.396. The number of aromatic nitrogens is 2. The van der Waals surface area contributed by atoms with Crippen LogP contribution >= 0.6 is 11.6 Å². The first-order valence-corrected chi connectivity index (χ1v) is 5.81. The van der Waals surface area contributed by atoms with E-state index in [1.807, 2.05) is 31.2 Å². The van der Waals surface area contributed by atoms with Crippen LogP contribution in [0.2, 0.25) is 5.15 Å². The monoisotopic (exact) mass is 264 g/mol. The van der Waals surface area contributed by atoms with Crippen LogP contribution in [0.3, 0.4) is 0 Å². The van der Waals surface area contributed by atoms with Crippen LogP contribution in [0.1, 0.15) is 11.4 Å². The lowest BCUT2D eigenvalue weighted by molar-refractivity contribution is 0.372. The van der Waals surface area contributed by atoms with Gasteiger partial charge in [-0.15, -0.1) is 0 Å². The zero-order chi connectivity index (χ0) is 13.1. The maximum atomic E-state index is 6.00. The number of aryl methyl sites for hydroxylation is 1. The molecule has 5 heteroatoms. The summed E-state index contributed by atoms with van der Waals surface area (Å²) in [5, 5.41) is 0.396. The van der Waals surface area contributed by atoms with E-state index in [0.717, 1.165) is 0 Å². The molecule has 0 atom stereocenters. The number of hydrogen-bond acceptors (Lipinski definition) is 4. The molecule has 1 aromatic heterocycles. The fourth-order valence-electron chi connectivity index (χ4n) is 1.48. The Bertz CT molecular complexity index is 573. The Morgan fingerprint density at radius 3 is 2.39 bits per heavy atom. The standard InChI is InChI=1S/C13H13ClN2O2/c1-8-12(14)15-9(2)16-13(8)18-11-7-5-4-6-10(11)17-3/h4-7H,1-3H3. The number of methoxy groups -OCH3 is 1. The molecule has 1 heterocycles. The molecule has 0 amide bonds. The molecule has 0 aliphatic rings. The second-order valence-electron chi connectivity index (χ2n) is 3.74. The molecule has 0 spiro atoms. The highest BCUT2D eigenvalue weighted by molar-refractivity contribution is 6.30. The second-order valence-corrected chi connectivity index (χ2v) is 4.10. The molecular formula is C13H13ClN2O2. The minimum absolute atomic E-state index is 0.396. The SMILES string of the molecule is COc1ccccc1Oc1nc(C)nc(Cl)c1C. The van der Waals surface area contributed by atoms with E-state index in [-0.39, 0.29) is 0 Å². The van der Waals surface area contributed by atoms with E-state index in [0.29, 0.717) is 33.9 Å². The molecule has 0 saturated heterocycles. The molecule has 0 N–H and O–H groups in total. The van der Waals surface area contributed by atoms with Crippen molar-refractivity contribution in [1.82, 2.24) is 9.97 Å². The molecule has 0 aliphatic carbocycles. The van der Waals surface area contributed by atoms with Gasteiger partial charge in [0.1, 0.15) is 11.0 Å². The third-order valence-corrected chi connectivity index (χ3v) is 2.80. The number of ether oxygens (including phenoxy) is 2.